The molecule has 4 rings (SSSR count). The van der Waals surface area contributed by atoms with E-state index in [2.05, 4.69) is 6.07 Å². The van der Waals surface area contributed by atoms with Gasteiger partial charge in [0.25, 0.3) is 0 Å². The highest BCUT2D eigenvalue weighted by atomic mass is 32.2. The Hall–Kier alpha value is -1.99. The topological polar surface area (TPSA) is 54.8 Å². The third-order valence-corrected chi connectivity index (χ3v) is 7.17. The van der Waals surface area contributed by atoms with Crippen molar-refractivity contribution in [2.45, 2.75) is 63.2 Å². The molecule has 0 saturated carbocycles. The van der Waals surface area contributed by atoms with Crippen molar-refractivity contribution in [3.63, 3.8) is 0 Å². The van der Waals surface area contributed by atoms with Gasteiger partial charge in [0.1, 0.15) is 6.54 Å². The lowest BCUT2D eigenvalue weighted by atomic mass is 10.2. The number of morpholine rings is 1. The number of carbonyl (C=O) groups excluding carboxylic acids is 2. The monoisotopic (exact) mass is 443 g/mol. The standard InChI is InChI=1S/C24H33N3O3S/c1-18-13-27(14-19(2)30-18)23(28)16-26-15-22(20-9-5-6-10-21(20)26)31-17-24(29)25-11-7-3-4-8-12-25/h5-6,9-10,15,18-19H,3-4,7-8,11-14,16-17H2,1-2H3. The van der Waals surface area contributed by atoms with Gasteiger partial charge in [0.15, 0.2) is 0 Å². The SMILES string of the molecule is CC1CN(C(=O)Cn2cc(SCC(=O)N3CCCCCC3)c3ccccc32)CC(C)O1. The van der Waals surface area contributed by atoms with Crippen LogP contribution < -0.4 is 0 Å². The number of ether oxygens (including phenoxy) is 1. The van der Waals surface area contributed by atoms with Gasteiger partial charge in [0, 0.05) is 48.2 Å². The zero-order valence-corrected chi connectivity index (χ0v) is 19.4. The van der Waals surface area contributed by atoms with Crippen LogP contribution in [0.2, 0.25) is 0 Å². The Morgan fingerprint density at radius 1 is 0.968 bits per heavy atom. The second-order valence-corrected chi connectivity index (χ2v) is 9.80. The second kappa shape index (κ2) is 10.1. The van der Waals surface area contributed by atoms with Gasteiger partial charge in [0.05, 0.1) is 18.0 Å². The van der Waals surface area contributed by atoms with E-state index in [9.17, 15) is 9.59 Å². The molecule has 1 aromatic heterocycles. The fourth-order valence-corrected chi connectivity index (χ4v) is 5.63. The second-order valence-electron chi connectivity index (χ2n) is 8.78. The minimum atomic E-state index is 0.0604. The molecule has 2 aliphatic heterocycles. The average Bonchev–Trinajstić information content (AvgIpc) is 2.91. The first-order valence-corrected chi connectivity index (χ1v) is 12.4. The Morgan fingerprint density at radius 2 is 1.65 bits per heavy atom. The number of para-hydroxylation sites is 1. The maximum absolute atomic E-state index is 13.0. The zero-order valence-electron chi connectivity index (χ0n) is 18.6. The van der Waals surface area contributed by atoms with Crippen molar-refractivity contribution in [1.82, 2.24) is 14.4 Å². The predicted octanol–water partition coefficient (Wildman–Crippen LogP) is 3.77. The lowest BCUT2D eigenvalue weighted by molar-refractivity contribution is -0.143. The molecule has 1 aromatic carbocycles. The first-order valence-electron chi connectivity index (χ1n) is 11.4. The van der Waals surface area contributed by atoms with Crippen molar-refractivity contribution < 1.29 is 14.3 Å². The Bertz CT molecular complexity index is 910. The molecule has 7 heteroatoms. The first kappa shape index (κ1) is 22.2. The van der Waals surface area contributed by atoms with Gasteiger partial charge in [-0.15, -0.1) is 11.8 Å². The summed E-state index contributed by atoms with van der Waals surface area (Å²) in [6.07, 6.45) is 6.82. The lowest BCUT2D eigenvalue weighted by Crippen LogP contribution is -2.49. The highest BCUT2D eigenvalue weighted by molar-refractivity contribution is 8.00. The van der Waals surface area contributed by atoms with Crippen LogP contribution in [0.3, 0.4) is 0 Å². The Labute approximate surface area is 188 Å². The molecule has 31 heavy (non-hydrogen) atoms. The summed E-state index contributed by atoms with van der Waals surface area (Å²) in [4.78, 5) is 30.7. The van der Waals surface area contributed by atoms with Crippen LogP contribution in [0.5, 0.6) is 0 Å². The minimum absolute atomic E-state index is 0.0604. The van der Waals surface area contributed by atoms with Crippen LogP contribution >= 0.6 is 11.8 Å². The van der Waals surface area contributed by atoms with Gasteiger partial charge in [-0.25, -0.2) is 0 Å². The van der Waals surface area contributed by atoms with Crippen LogP contribution in [-0.4, -0.2) is 70.3 Å². The molecule has 6 nitrogen and oxygen atoms in total. The molecule has 2 fully saturated rings. The molecule has 0 aliphatic carbocycles. The van der Waals surface area contributed by atoms with Gasteiger partial charge in [-0.2, -0.15) is 0 Å². The fourth-order valence-electron chi connectivity index (χ4n) is 4.64. The molecule has 0 radical (unpaired) electrons. The van der Waals surface area contributed by atoms with Crippen molar-refractivity contribution in [2.24, 2.45) is 0 Å². The van der Waals surface area contributed by atoms with E-state index in [0.717, 1.165) is 41.7 Å². The zero-order chi connectivity index (χ0) is 21.8. The summed E-state index contributed by atoms with van der Waals surface area (Å²) in [5.41, 5.74) is 1.04. The fraction of sp³-hybridized carbons (Fsp3) is 0.583. The molecule has 0 spiro atoms. The smallest absolute Gasteiger partial charge is 0.242 e. The Kier molecular flexibility index (Phi) is 7.23. The van der Waals surface area contributed by atoms with Gasteiger partial charge < -0.3 is 19.1 Å². The van der Waals surface area contributed by atoms with Crippen molar-refractivity contribution >= 4 is 34.5 Å². The van der Waals surface area contributed by atoms with Crippen LogP contribution in [-0.2, 0) is 20.9 Å². The van der Waals surface area contributed by atoms with E-state index >= 15 is 0 Å². The molecule has 2 atom stereocenters. The number of likely N-dealkylation sites (tertiary alicyclic amines) is 1. The summed E-state index contributed by atoms with van der Waals surface area (Å²) in [6, 6.07) is 8.14. The molecular weight excluding hydrogens is 410 g/mol. The van der Waals surface area contributed by atoms with Gasteiger partial charge in [-0.05, 0) is 32.8 Å². The van der Waals surface area contributed by atoms with Crippen molar-refractivity contribution in [1.29, 1.82) is 0 Å². The lowest BCUT2D eigenvalue weighted by Gasteiger charge is -2.35. The summed E-state index contributed by atoms with van der Waals surface area (Å²) in [6.45, 7) is 7.36. The molecule has 2 amide bonds. The van der Waals surface area contributed by atoms with Crippen molar-refractivity contribution in [3.05, 3.63) is 30.5 Å². The molecule has 2 saturated heterocycles. The summed E-state index contributed by atoms with van der Waals surface area (Å²) < 4.78 is 7.79. The number of nitrogens with zero attached hydrogens (tertiary/aromatic N) is 3. The van der Waals surface area contributed by atoms with E-state index in [1.165, 1.54) is 12.8 Å². The van der Waals surface area contributed by atoms with E-state index in [4.69, 9.17) is 4.74 Å². The molecule has 2 unspecified atom stereocenters. The van der Waals surface area contributed by atoms with Gasteiger partial charge in [0.2, 0.25) is 11.8 Å². The summed E-state index contributed by atoms with van der Waals surface area (Å²) in [7, 11) is 0. The highest BCUT2D eigenvalue weighted by Gasteiger charge is 2.26. The summed E-state index contributed by atoms with van der Waals surface area (Å²) in [5.74, 6) is 0.775. The maximum Gasteiger partial charge on any atom is 0.242 e. The third kappa shape index (κ3) is 5.44. The maximum atomic E-state index is 13.0. The number of benzene rings is 1. The third-order valence-electron chi connectivity index (χ3n) is 6.14. The average molecular weight is 444 g/mol. The van der Waals surface area contributed by atoms with E-state index in [-0.39, 0.29) is 24.0 Å². The first-order chi connectivity index (χ1) is 15.0. The van der Waals surface area contributed by atoms with E-state index in [0.29, 0.717) is 25.4 Å². The highest BCUT2D eigenvalue weighted by Crippen LogP contribution is 2.30. The number of rotatable bonds is 5. The van der Waals surface area contributed by atoms with Crippen LogP contribution in [0.4, 0.5) is 0 Å². The van der Waals surface area contributed by atoms with Gasteiger partial charge in [-0.1, -0.05) is 31.0 Å². The minimum Gasteiger partial charge on any atom is -0.372 e. The number of hydrogen-bond donors (Lipinski definition) is 0. The van der Waals surface area contributed by atoms with Crippen LogP contribution in [0, 0.1) is 0 Å². The number of aromatic nitrogens is 1. The molecular formula is C24H33N3O3S. The number of hydrogen-bond acceptors (Lipinski definition) is 4. The largest absolute Gasteiger partial charge is 0.372 e. The Balaban J connectivity index is 1.45. The van der Waals surface area contributed by atoms with Crippen molar-refractivity contribution in [2.75, 3.05) is 31.9 Å². The number of fused-ring (bicyclic) bond motifs is 1. The summed E-state index contributed by atoms with van der Waals surface area (Å²) in [5, 5.41) is 1.10. The van der Waals surface area contributed by atoms with Crippen LogP contribution in [0.25, 0.3) is 10.9 Å². The summed E-state index contributed by atoms with van der Waals surface area (Å²) >= 11 is 1.59. The quantitative estimate of drug-likeness (QED) is 0.660. The molecule has 0 N–H and O–H groups in total. The Morgan fingerprint density at radius 3 is 2.35 bits per heavy atom. The van der Waals surface area contributed by atoms with E-state index in [1.807, 2.05) is 52.6 Å². The number of amides is 2. The van der Waals surface area contributed by atoms with Gasteiger partial charge >= 0.3 is 0 Å². The normalized spacial score (nSPS) is 22.5. The van der Waals surface area contributed by atoms with E-state index < -0.39 is 0 Å². The number of thioether (sulfide) groups is 1. The van der Waals surface area contributed by atoms with Crippen molar-refractivity contribution in [3.8, 4) is 0 Å². The van der Waals surface area contributed by atoms with Crippen LogP contribution in [0.1, 0.15) is 39.5 Å². The molecule has 2 aliphatic rings. The number of carbonyl (C=O) groups is 2. The van der Waals surface area contributed by atoms with Crippen LogP contribution in [0.15, 0.2) is 35.4 Å². The van der Waals surface area contributed by atoms with Gasteiger partial charge in [-0.3, -0.25) is 9.59 Å². The van der Waals surface area contributed by atoms with E-state index in [1.54, 1.807) is 11.8 Å². The predicted molar refractivity (Wildman–Crippen MR) is 124 cm³/mol. The molecule has 168 valence electrons. The molecule has 2 aromatic rings. The molecule has 3 heterocycles. The molecule has 0 bridgehead atoms.